The van der Waals surface area contributed by atoms with Crippen molar-refractivity contribution in [3.05, 3.63) is 107 Å². The first-order valence-corrected chi connectivity index (χ1v) is 10.3. The number of benzene rings is 4. The Bertz CT molecular complexity index is 1160. The lowest BCUT2D eigenvalue weighted by Crippen LogP contribution is -2.33. The fourth-order valence-electron chi connectivity index (χ4n) is 3.44. The van der Waals surface area contributed by atoms with Crippen molar-refractivity contribution >= 4 is 32.6 Å². The zero-order valence-electron chi connectivity index (χ0n) is 16.1. The molecule has 0 spiro atoms. The van der Waals surface area contributed by atoms with Gasteiger partial charge in [-0.25, -0.2) is 0 Å². The molecule has 0 radical (unpaired) electrons. The van der Waals surface area contributed by atoms with Crippen molar-refractivity contribution in [1.29, 1.82) is 0 Å². The summed E-state index contributed by atoms with van der Waals surface area (Å²) in [4.78, 5) is 12.8. The molecule has 0 saturated carbocycles. The number of rotatable bonds is 6. The van der Waals surface area contributed by atoms with Crippen LogP contribution in [0.3, 0.4) is 0 Å². The van der Waals surface area contributed by atoms with E-state index in [0.717, 1.165) is 20.8 Å². The highest BCUT2D eigenvalue weighted by Crippen LogP contribution is 2.35. The number of carbonyl (C=O) groups excluding carboxylic acids is 1. The van der Waals surface area contributed by atoms with Gasteiger partial charge in [-0.15, -0.1) is 0 Å². The molecule has 0 aromatic heterocycles. The smallest absolute Gasteiger partial charge is 0.258 e. The van der Waals surface area contributed by atoms with Crippen LogP contribution in [-0.4, -0.2) is 17.6 Å². The van der Waals surface area contributed by atoms with Crippen molar-refractivity contribution in [1.82, 2.24) is 5.32 Å². The van der Waals surface area contributed by atoms with Gasteiger partial charge >= 0.3 is 0 Å². The fraction of sp³-hybridized carbons (Fsp3) is 0.0800. The fourth-order valence-corrected chi connectivity index (χ4v) is 3.70. The first kappa shape index (κ1) is 20.0. The minimum absolute atomic E-state index is 0.128. The van der Waals surface area contributed by atoms with Crippen LogP contribution in [0.2, 0.25) is 0 Å². The number of nitrogens with one attached hydrogen (secondary N) is 1. The summed E-state index contributed by atoms with van der Waals surface area (Å²) in [5.74, 6) is 0.466. The Hall–Kier alpha value is -3.31. The van der Waals surface area contributed by atoms with Crippen LogP contribution in [0, 0.1) is 0 Å². The average molecular weight is 462 g/mol. The maximum absolute atomic E-state index is 12.8. The van der Waals surface area contributed by atoms with E-state index in [1.807, 2.05) is 72.8 Å². The van der Waals surface area contributed by atoms with Gasteiger partial charge in [0.2, 0.25) is 0 Å². The average Bonchev–Trinajstić information content (AvgIpc) is 2.78. The molecule has 4 nitrogen and oxygen atoms in total. The van der Waals surface area contributed by atoms with Gasteiger partial charge in [0.1, 0.15) is 11.5 Å². The quantitative estimate of drug-likeness (QED) is 0.393. The number of phenols is 1. The van der Waals surface area contributed by atoms with E-state index < -0.39 is 6.04 Å². The van der Waals surface area contributed by atoms with E-state index in [2.05, 4.69) is 21.2 Å². The number of aromatic hydroxyl groups is 1. The molecule has 0 saturated heterocycles. The molecule has 30 heavy (non-hydrogen) atoms. The topological polar surface area (TPSA) is 58.6 Å². The molecule has 1 atom stereocenters. The number of hydrogen-bond donors (Lipinski definition) is 2. The van der Waals surface area contributed by atoms with Crippen LogP contribution < -0.4 is 10.1 Å². The zero-order chi connectivity index (χ0) is 20.9. The molecular formula is C25H20BrNO3. The van der Waals surface area contributed by atoms with Gasteiger partial charge in [-0.2, -0.15) is 0 Å². The van der Waals surface area contributed by atoms with Gasteiger partial charge in [0.25, 0.3) is 5.91 Å². The number of halogens is 1. The van der Waals surface area contributed by atoms with Crippen LogP contribution in [0.1, 0.15) is 17.2 Å². The third-order valence-electron chi connectivity index (χ3n) is 4.86. The molecule has 4 rings (SSSR count). The molecule has 0 fully saturated rings. The molecular weight excluding hydrogens is 442 g/mol. The van der Waals surface area contributed by atoms with Crippen LogP contribution in [0.25, 0.3) is 10.8 Å². The van der Waals surface area contributed by atoms with E-state index >= 15 is 0 Å². The lowest BCUT2D eigenvalue weighted by atomic mass is 9.92. The summed E-state index contributed by atoms with van der Waals surface area (Å²) in [6.45, 7) is -0.128. The summed E-state index contributed by atoms with van der Waals surface area (Å²) in [5, 5.41) is 15.6. The highest BCUT2D eigenvalue weighted by molar-refractivity contribution is 9.10. The summed E-state index contributed by atoms with van der Waals surface area (Å²) in [5.41, 5.74) is 1.54. The lowest BCUT2D eigenvalue weighted by molar-refractivity contribution is -0.123. The van der Waals surface area contributed by atoms with Gasteiger partial charge < -0.3 is 15.2 Å². The zero-order valence-corrected chi connectivity index (χ0v) is 17.7. The van der Waals surface area contributed by atoms with E-state index in [9.17, 15) is 9.90 Å². The second kappa shape index (κ2) is 9.01. The number of hydrogen-bond acceptors (Lipinski definition) is 3. The molecule has 150 valence electrons. The molecule has 0 heterocycles. The van der Waals surface area contributed by atoms with E-state index in [1.54, 1.807) is 18.2 Å². The van der Waals surface area contributed by atoms with Gasteiger partial charge in [0.05, 0.1) is 6.04 Å². The summed E-state index contributed by atoms with van der Waals surface area (Å²) >= 11 is 3.38. The standard InChI is InChI=1S/C25H20BrNO3/c26-19-11-13-20(14-12-19)30-16-23(29)27-25(18-7-2-1-3-8-18)24-21-9-5-4-6-17(21)10-15-22(24)28/h1-15,25,28H,16H2,(H,27,29). The summed E-state index contributed by atoms with van der Waals surface area (Å²) in [6, 6.07) is 27.7. The molecule has 0 aliphatic carbocycles. The Morgan fingerprint density at radius 2 is 1.60 bits per heavy atom. The highest BCUT2D eigenvalue weighted by Gasteiger charge is 2.22. The first-order valence-electron chi connectivity index (χ1n) is 9.55. The van der Waals surface area contributed by atoms with Gasteiger partial charge in [-0.05, 0) is 46.7 Å². The van der Waals surface area contributed by atoms with Crippen molar-refractivity contribution in [2.45, 2.75) is 6.04 Å². The third kappa shape index (κ3) is 4.47. The minimum Gasteiger partial charge on any atom is -0.508 e. The summed E-state index contributed by atoms with van der Waals surface area (Å²) < 4.78 is 6.56. The predicted octanol–water partition coefficient (Wildman–Crippen LogP) is 5.59. The second-order valence-electron chi connectivity index (χ2n) is 6.87. The third-order valence-corrected chi connectivity index (χ3v) is 5.39. The van der Waals surface area contributed by atoms with E-state index in [0.29, 0.717) is 11.3 Å². The van der Waals surface area contributed by atoms with Crippen LogP contribution in [0.15, 0.2) is 95.5 Å². The van der Waals surface area contributed by atoms with E-state index in [-0.39, 0.29) is 18.3 Å². The van der Waals surface area contributed by atoms with Crippen molar-refractivity contribution in [3.63, 3.8) is 0 Å². The molecule has 1 amide bonds. The number of amides is 1. The van der Waals surface area contributed by atoms with Crippen molar-refractivity contribution in [3.8, 4) is 11.5 Å². The van der Waals surface area contributed by atoms with Crippen LogP contribution in [0.4, 0.5) is 0 Å². The Morgan fingerprint density at radius 3 is 2.37 bits per heavy atom. The van der Waals surface area contributed by atoms with E-state index in [1.165, 1.54) is 0 Å². The summed E-state index contributed by atoms with van der Waals surface area (Å²) in [6.07, 6.45) is 0. The molecule has 2 N–H and O–H groups in total. The molecule has 4 aromatic carbocycles. The van der Waals surface area contributed by atoms with Crippen LogP contribution >= 0.6 is 15.9 Å². The van der Waals surface area contributed by atoms with Gasteiger partial charge in [0, 0.05) is 10.0 Å². The maximum Gasteiger partial charge on any atom is 0.258 e. The molecule has 0 aliphatic heterocycles. The molecule has 5 heteroatoms. The Morgan fingerprint density at radius 1 is 0.900 bits per heavy atom. The Kier molecular flexibility index (Phi) is 6.00. The monoisotopic (exact) mass is 461 g/mol. The normalized spacial score (nSPS) is 11.8. The lowest BCUT2D eigenvalue weighted by Gasteiger charge is -2.22. The Balaban J connectivity index is 1.64. The Labute approximate surface area is 183 Å². The SMILES string of the molecule is O=C(COc1ccc(Br)cc1)NC(c1ccccc1)c1c(O)ccc2ccccc12. The van der Waals surface area contributed by atoms with Crippen LogP contribution in [0.5, 0.6) is 11.5 Å². The number of phenolic OH excluding ortho intramolecular Hbond substituents is 1. The van der Waals surface area contributed by atoms with Gasteiger partial charge in [-0.3, -0.25) is 4.79 Å². The number of carbonyl (C=O) groups is 1. The molecule has 0 bridgehead atoms. The van der Waals surface area contributed by atoms with Crippen molar-refractivity contribution < 1.29 is 14.6 Å². The van der Waals surface area contributed by atoms with Crippen molar-refractivity contribution in [2.24, 2.45) is 0 Å². The molecule has 0 aliphatic rings. The first-order chi connectivity index (χ1) is 14.6. The number of ether oxygens (including phenoxy) is 1. The van der Waals surface area contributed by atoms with Crippen molar-refractivity contribution in [2.75, 3.05) is 6.61 Å². The predicted molar refractivity (Wildman–Crippen MR) is 122 cm³/mol. The summed E-state index contributed by atoms with van der Waals surface area (Å²) in [7, 11) is 0. The second-order valence-corrected chi connectivity index (χ2v) is 7.79. The van der Waals surface area contributed by atoms with Crippen LogP contribution in [-0.2, 0) is 4.79 Å². The highest BCUT2D eigenvalue weighted by atomic mass is 79.9. The number of fused-ring (bicyclic) bond motifs is 1. The molecule has 4 aromatic rings. The van der Waals surface area contributed by atoms with E-state index in [4.69, 9.17) is 4.74 Å². The maximum atomic E-state index is 12.8. The van der Waals surface area contributed by atoms with Gasteiger partial charge in [0.15, 0.2) is 6.61 Å². The minimum atomic E-state index is -0.515. The van der Waals surface area contributed by atoms with Gasteiger partial charge in [-0.1, -0.05) is 76.6 Å². The largest absolute Gasteiger partial charge is 0.508 e. The molecule has 1 unspecified atom stereocenters.